The molecule has 1 N–H and O–H groups in total. The Morgan fingerprint density at radius 3 is 2.55 bits per heavy atom. The Hall–Kier alpha value is -0.160. The van der Waals surface area contributed by atoms with Gasteiger partial charge in [0.1, 0.15) is 25.7 Å². The summed E-state index contributed by atoms with van der Waals surface area (Å²) in [5, 5.41) is 10.4. The first-order chi connectivity index (χ1) is 10.3. The van der Waals surface area contributed by atoms with Gasteiger partial charge < -0.3 is 19.1 Å². The van der Waals surface area contributed by atoms with Gasteiger partial charge in [0.25, 0.3) is 0 Å². The van der Waals surface area contributed by atoms with Crippen LogP contribution in [-0.4, -0.2) is 67.8 Å². The van der Waals surface area contributed by atoms with E-state index in [0.717, 1.165) is 62.6 Å². The number of ether oxygens (including phenoxy) is 2. The summed E-state index contributed by atoms with van der Waals surface area (Å²) in [5.41, 5.74) is 0.370. The Bertz CT molecular complexity index is 339. The van der Waals surface area contributed by atoms with Gasteiger partial charge in [0, 0.05) is 0 Å². The maximum absolute atomic E-state index is 10.4. The number of aliphatic hydroxyl groups excluding tert-OH is 1. The Kier molecular flexibility index (Phi) is 6.29. The van der Waals surface area contributed by atoms with Gasteiger partial charge in [-0.2, -0.15) is 0 Å². The van der Waals surface area contributed by atoms with Crippen LogP contribution in [-0.2, 0) is 9.47 Å². The summed E-state index contributed by atoms with van der Waals surface area (Å²) in [4.78, 5) is 0. The van der Waals surface area contributed by atoms with Crippen molar-refractivity contribution in [3.8, 4) is 0 Å². The van der Waals surface area contributed by atoms with Crippen molar-refractivity contribution in [3.63, 3.8) is 0 Å². The van der Waals surface area contributed by atoms with Crippen molar-refractivity contribution < 1.29 is 19.1 Å². The van der Waals surface area contributed by atoms with Gasteiger partial charge in [0.05, 0.1) is 32.5 Å². The highest BCUT2D eigenvalue weighted by molar-refractivity contribution is 4.83. The van der Waals surface area contributed by atoms with E-state index in [1.165, 1.54) is 6.42 Å². The Labute approximate surface area is 136 Å². The average Bonchev–Trinajstić information content (AvgIpc) is 2.44. The summed E-state index contributed by atoms with van der Waals surface area (Å²) in [5.74, 6) is 0.721. The summed E-state index contributed by atoms with van der Waals surface area (Å²) in [7, 11) is 0. The van der Waals surface area contributed by atoms with Crippen LogP contribution in [0, 0.1) is 11.3 Å². The van der Waals surface area contributed by atoms with Gasteiger partial charge in [-0.3, -0.25) is 0 Å². The van der Waals surface area contributed by atoms with E-state index in [9.17, 15) is 5.11 Å². The smallest absolute Gasteiger partial charge is 0.126 e. The molecule has 1 saturated heterocycles. The Morgan fingerprint density at radius 2 is 1.95 bits per heavy atom. The first-order valence-corrected chi connectivity index (χ1v) is 9.07. The lowest BCUT2D eigenvalue weighted by molar-refractivity contribution is -0.936. The summed E-state index contributed by atoms with van der Waals surface area (Å²) in [6, 6.07) is 0. The zero-order valence-electron chi connectivity index (χ0n) is 15.0. The maximum atomic E-state index is 10.4. The number of hydrogen-bond acceptors (Lipinski definition) is 3. The molecule has 1 heterocycles. The molecule has 3 atom stereocenters. The molecule has 0 aromatic carbocycles. The van der Waals surface area contributed by atoms with Crippen LogP contribution in [0.25, 0.3) is 0 Å². The van der Waals surface area contributed by atoms with Crippen molar-refractivity contribution in [2.75, 3.05) is 46.0 Å². The van der Waals surface area contributed by atoms with Crippen molar-refractivity contribution in [1.29, 1.82) is 0 Å². The molecular formula is C18H36NO3+. The first kappa shape index (κ1) is 18.2. The molecule has 2 fully saturated rings. The van der Waals surface area contributed by atoms with Crippen LogP contribution in [0.1, 0.15) is 47.0 Å². The lowest BCUT2D eigenvalue weighted by Gasteiger charge is -2.42. The van der Waals surface area contributed by atoms with E-state index in [1.807, 2.05) is 0 Å². The number of nitrogens with zero attached hydrogens (tertiary/aromatic N) is 1. The summed E-state index contributed by atoms with van der Waals surface area (Å²) < 4.78 is 12.5. The molecule has 22 heavy (non-hydrogen) atoms. The third kappa shape index (κ3) is 5.19. The highest BCUT2D eigenvalue weighted by Gasteiger charge is 2.34. The number of likely N-dealkylation sites (N-methyl/N-ethyl adjacent to an activating group) is 1. The standard InChI is InChI=1S/C18H36NO3/c1-5-19(6-8-21-9-7-19)13-16(20)14-22-17-10-15(2)11-18(3,4)12-17/h15-17,20H,5-14H2,1-4H3/q+1/t15-,16+,17+/m0/s1. The van der Waals surface area contributed by atoms with E-state index in [1.54, 1.807) is 0 Å². The molecule has 1 aliphatic heterocycles. The highest BCUT2D eigenvalue weighted by Crippen LogP contribution is 2.39. The zero-order chi connectivity index (χ0) is 16.2. The number of aliphatic hydroxyl groups is 1. The van der Waals surface area contributed by atoms with E-state index in [2.05, 4.69) is 27.7 Å². The second-order valence-corrected chi connectivity index (χ2v) is 8.42. The van der Waals surface area contributed by atoms with E-state index in [0.29, 0.717) is 18.1 Å². The molecule has 2 rings (SSSR count). The molecule has 1 saturated carbocycles. The van der Waals surface area contributed by atoms with Gasteiger partial charge in [-0.15, -0.1) is 0 Å². The quantitative estimate of drug-likeness (QED) is 0.765. The fourth-order valence-corrected chi connectivity index (χ4v) is 4.49. The molecule has 130 valence electrons. The molecule has 4 heteroatoms. The molecule has 0 unspecified atom stereocenters. The van der Waals surface area contributed by atoms with E-state index in [-0.39, 0.29) is 6.10 Å². The molecule has 0 amide bonds. The van der Waals surface area contributed by atoms with Crippen LogP contribution in [0.2, 0.25) is 0 Å². The van der Waals surface area contributed by atoms with Crippen LogP contribution in [0.15, 0.2) is 0 Å². The van der Waals surface area contributed by atoms with Crippen LogP contribution in [0.5, 0.6) is 0 Å². The van der Waals surface area contributed by atoms with Gasteiger partial charge in [-0.05, 0) is 37.5 Å². The number of rotatable bonds is 6. The number of morpholine rings is 1. The van der Waals surface area contributed by atoms with Crippen molar-refractivity contribution >= 4 is 0 Å². The minimum atomic E-state index is -0.363. The van der Waals surface area contributed by atoms with Gasteiger partial charge in [-0.25, -0.2) is 0 Å². The molecule has 0 spiro atoms. The van der Waals surface area contributed by atoms with Crippen molar-refractivity contribution in [2.45, 2.75) is 59.2 Å². The first-order valence-electron chi connectivity index (χ1n) is 9.07. The predicted octanol–water partition coefficient (Wildman–Crippen LogP) is 2.45. The molecular weight excluding hydrogens is 278 g/mol. The maximum Gasteiger partial charge on any atom is 0.126 e. The minimum absolute atomic E-state index is 0.313. The summed E-state index contributed by atoms with van der Waals surface area (Å²) >= 11 is 0. The summed E-state index contributed by atoms with van der Waals surface area (Å²) in [6.07, 6.45) is 3.49. The fourth-order valence-electron chi connectivity index (χ4n) is 4.49. The molecule has 0 bridgehead atoms. The van der Waals surface area contributed by atoms with Crippen LogP contribution < -0.4 is 0 Å². The lowest BCUT2D eigenvalue weighted by Crippen LogP contribution is -2.58. The Balaban J connectivity index is 1.78. The molecule has 1 aliphatic carbocycles. The molecule has 0 radical (unpaired) electrons. The van der Waals surface area contributed by atoms with Crippen molar-refractivity contribution in [1.82, 2.24) is 0 Å². The molecule has 2 aliphatic rings. The molecule has 4 nitrogen and oxygen atoms in total. The van der Waals surface area contributed by atoms with E-state index >= 15 is 0 Å². The predicted molar refractivity (Wildman–Crippen MR) is 88.8 cm³/mol. The van der Waals surface area contributed by atoms with Crippen molar-refractivity contribution in [3.05, 3.63) is 0 Å². The molecule has 0 aromatic heterocycles. The highest BCUT2D eigenvalue weighted by atomic mass is 16.5. The normalized spacial score (nSPS) is 32.6. The van der Waals surface area contributed by atoms with Gasteiger partial charge in [0.15, 0.2) is 0 Å². The minimum Gasteiger partial charge on any atom is -0.385 e. The third-order valence-electron chi connectivity index (χ3n) is 5.56. The molecule has 0 aromatic rings. The summed E-state index contributed by atoms with van der Waals surface area (Å²) in [6.45, 7) is 15.2. The zero-order valence-corrected chi connectivity index (χ0v) is 15.0. The lowest BCUT2D eigenvalue weighted by atomic mass is 9.71. The van der Waals surface area contributed by atoms with Crippen molar-refractivity contribution in [2.24, 2.45) is 11.3 Å². The van der Waals surface area contributed by atoms with E-state index < -0.39 is 0 Å². The topological polar surface area (TPSA) is 38.7 Å². The van der Waals surface area contributed by atoms with Gasteiger partial charge in [0.2, 0.25) is 0 Å². The third-order valence-corrected chi connectivity index (χ3v) is 5.56. The average molecular weight is 314 g/mol. The fraction of sp³-hybridized carbons (Fsp3) is 1.00. The van der Waals surface area contributed by atoms with Crippen LogP contribution in [0.4, 0.5) is 0 Å². The van der Waals surface area contributed by atoms with E-state index in [4.69, 9.17) is 9.47 Å². The second kappa shape index (κ2) is 7.61. The van der Waals surface area contributed by atoms with Crippen LogP contribution >= 0.6 is 0 Å². The largest absolute Gasteiger partial charge is 0.385 e. The Morgan fingerprint density at radius 1 is 1.27 bits per heavy atom. The van der Waals surface area contributed by atoms with Gasteiger partial charge >= 0.3 is 0 Å². The SMILES string of the molecule is CC[N+]1(C[C@@H](O)CO[C@@H]2C[C@H](C)CC(C)(C)C2)CCOCC1. The van der Waals surface area contributed by atoms with Gasteiger partial charge in [-0.1, -0.05) is 20.8 Å². The monoisotopic (exact) mass is 314 g/mol. The number of quaternary nitrogens is 1. The second-order valence-electron chi connectivity index (χ2n) is 8.42. The van der Waals surface area contributed by atoms with Crippen LogP contribution in [0.3, 0.4) is 0 Å². The number of hydrogen-bond donors (Lipinski definition) is 1.